The molecule has 7 heteroatoms. The van der Waals surface area contributed by atoms with E-state index in [0.29, 0.717) is 34.2 Å². The van der Waals surface area contributed by atoms with Crippen molar-refractivity contribution in [2.24, 2.45) is 9.98 Å². The first kappa shape index (κ1) is 29.0. The number of carbonyl (C=O) groups excluding carboxylic acids is 2. The molecule has 0 N–H and O–H groups in total. The van der Waals surface area contributed by atoms with Gasteiger partial charge in [0.25, 0.3) is 0 Å². The Kier molecular flexibility index (Phi) is 9.43. The van der Waals surface area contributed by atoms with Crippen molar-refractivity contribution in [1.29, 1.82) is 0 Å². The molecule has 0 saturated heterocycles. The Morgan fingerprint density at radius 3 is 1.32 bits per heavy atom. The predicted molar refractivity (Wildman–Crippen MR) is 159 cm³/mol. The third kappa shape index (κ3) is 6.42. The molecular formula is C34H22N4O2W. The summed E-state index contributed by atoms with van der Waals surface area (Å²) < 4.78 is 0. The van der Waals surface area contributed by atoms with Gasteiger partial charge in [0, 0.05) is 0 Å². The molecule has 6 rings (SSSR count). The van der Waals surface area contributed by atoms with E-state index in [-0.39, 0.29) is 32.9 Å². The molecule has 4 aromatic rings. The van der Waals surface area contributed by atoms with Crippen LogP contribution >= 0.6 is 0 Å². The van der Waals surface area contributed by atoms with E-state index in [0.717, 1.165) is 22.3 Å². The molecule has 0 fully saturated rings. The minimum absolute atomic E-state index is 0. The first-order valence-corrected chi connectivity index (χ1v) is 12.5. The first-order valence-electron chi connectivity index (χ1n) is 12.5. The Labute approximate surface area is 253 Å². The maximum absolute atomic E-state index is 12.0. The minimum atomic E-state index is -0.300. The van der Waals surface area contributed by atoms with Crippen LogP contribution in [-0.4, -0.2) is 23.2 Å². The van der Waals surface area contributed by atoms with E-state index in [9.17, 15) is 9.59 Å². The topological polar surface area (TPSA) is 87.1 Å². The van der Waals surface area contributed by atoms with Gasteiger partial charge < -0.3 is 20.2 Å². The zero-order valence-corrected chi connectivity index (χ0v) is 25.2. The summed E-state index contributed by atoms with van der Waals surface area (Å²) in [5.41, 5.74) is 6.66. The molecule has 4 aromatic carbocycles. The van der Waals surface area contributed by atoms with Crippen molar-refractivity contribution < 1.29 is 30.7 Å². The Hall–Kier alpha value is -5.03. The van der Waals surface area contributed by atoms with Gasteiger partial charge in [-0.2, -0.15) is 0 Å². The van der Waals surface area contributed by atoms with Crippen molar-refractivity contribution in [2.45, 2.75) is 13.8 Å². The number of nitrogens with zero attached hydrogens (tertiary/aromatic N) is 4. The van der Waals surface area contributed by atoms with E-state index in [1.54, 1.807) is 13.8 Å². The van der Waals surface area contributed by atoms with Gasteiger partial charge in [0.05, 0.1) is 33.9 Å². The Balaban J connectivity index is 0.000000184. The average Bonchev–Trinajstić information content (AvgIpc) is 3.46. The molecule has 0 bridgehead atoms. The molecule has 0 radical (unpaired) electrons. The van der Waals surface area contributed by atoms with Crippen LogP contribution in [0.5, 0.6) is 0 Å². The van der Waals surface area contributed by atoms with Gasteiger partial charge in [-0.25, -0.2) is 9.98 Å². The van der Waals surface area contributed by atoms with Crippen LogP contribution < -0.4 is 0 Å². The fourth-order valence-corrected chi connectivity index (χ4v) is 4.18. The molecule has 2 heterocycles. The standard InChI is InChI=1S/2C17H12N2O.W/c2*1-2-7-12-8-3-5-10-14(12)18-16-13-9-4-6-11-15(13)19-17(16)20;/h2*3-6,8-11H,1H3,(H,18,19,20);/q;;+2/p-2. The number of rotatable bonds is 2. The van der Waals surface area contributed by atoms with Crippen LogP contribution in [0.15, 0.2) is 107 Å². The maximum atomic E-state index is 12.0. The quantitative estimate of drug-likeness (QED) is 0.203. The summed E-state index contributed by atoms with van der Waals surface area (Å²) in [4.78, 5) is 32.9. The van der Waals surface area contributed by atoms with E-state index in [1.165, 1.54) is 0 Å². The smallest absolute Gasteiger partial charge is 0.621 e. The van der Waals surface area contributed by atoms with Crippen LogP contribution in [-0.2, 0) is 30.7 Å². The summed E-state index contributed by atoms with van der Waals surface area (Å²) in [6.07, 6.45) is 0. The van der Waals surface area contributed by atoms with Crippen molar-refractivity contribution in [2.75, 3.05) is 0 Å². The largest absolute Gasteiger partial charge is 2.00 e. The molecule has 0 aromatic heterocycles. The van der Waals surface area contributed by atoms with Crippen molar-refractivity contribution in [1.82, 2.24) is 0 Å². The number of carbonyl (C=O) groups is 2. The molecule has 0 saturated carbocycles. The third-order valence-electron chi connectivity index (χ3n) is 5.96. The molecule has 41 heavy (non-hydrogen) atoms. The molecule has 196 valence electrons. The van der Waals surface area contributed by atoms with Crippen LogP contribution in [0.2, 0.25) is 0 Å². The van der Waals surface area contributed by atoms with E-state index >= 15 is 0 Å². The van der Waals surface area contributed by atoms with E-state index in [4.69, 9.17) is 0 Å². The number of hydrogen-bond donors (Lipinski definition) is 0. The molecule has 0 aliphatic carbocycles. The van der Waals surface area contributed by atoms with Crippen LogP contribution in [0.4, 0.5) is 22.7 Å². The molecule has 0 atom stereocenters. The first-order chi connectivity index (χ1) is 19.6. The van der Waals surface area contributed by atoms with Crippen molar-refractivity contribution in [3.63, 3.8) is 0 Å². The Bertz CT molecular complexity index is 1700. The second kappa shape index (κ2) is 13.4. The number of amides is 2. The predicted octanol–water partition coefficient (Wildman–Crippen LogP) is 7.45. The van der Waals surface area contributed by atoms with Crippen LogP contribution in [0.25, 0.3) is 10.6 Å². The van der Waals surface area contributed by atoms with Gasteiger partial charge in [-0.05, 0) is 49.2 Å². The third-order valence-corrected chi connectivity index (χ3v) is 5.96. The maximum Gasteiger partial charge on any atom is 2.00 e. The van der Waals surface area contributed by atoms with Gasteiger partial charge in [0.1, 0.15) is 11.8 Å². The van der Waals surface area contributed by atoms with Crippen molar-refractivity contribution in [3.05, 3.63) is 130 Å². The average molecular weight is 702 g/mol. The fraction of sp³-hybridized carbons (Fsp3) is 0.0588. The van der Waals surface area contributed by atoms with E-state index < -0.39 is 0 Å². The summed E-state index contributed by atoms with van der Waals surface area (Å²) in [5, 5.41) is 8.00. The number of benzene rings is 4. The van der Waals surface area contributed by atoms with Gasteiger partial charge in [-0.1, -0.05) is 84.6 Å². The Morgan fingerprint density at radius 2 is 0.902 bits per heavy atom. The summed E-state index contributed by atoms with van der Waals surface area (Å²) in [6, 6.07) is 29.8. The van der Waals surface area contributed by atoms with E-state index in [2.05, 4.69) is 44.3 Å². The van der Waals surface area contributed by atoms with Gasteiger partial charge in [0.2, 0.25) is 0 Å². The van der Waals surface area contributed by atoms with Crippen molar-refractivity contribution in [3.8, 4) is 23.7 Å². The van der Waals surface area contributed by atoms with E-state index in [1.807, 2.05) is 97.1 Å². The minimum Gasteiger partial charge on any atom is -0.621 e. The molecule has 6 nitrogen and oxygen atoms in total. The van der Waals surface area contributed by atoms with Crippen LogP contribution in [0, 0.1) is 23.7 Å². The number of para-hydroxylation sites is 4. The van der Waals surface area contributed by atoms with Gasteiger partial charge >= 0.3 is 21.1 Å². The zero-order chi connectivity index (χ0) is 27.9. The van der Waals surface area contributed by atoms with Crippen molar-refractivity contribution >= 4 is 46.0 Å². The Morgan fingerprint density at radius 1 is 0.537 bits per heavy atom. The molecule has 0 unspecified atom stereocenters. The van der Waals surface area contributed by atoms with Gasteiger partial charge in [0.15, 0.2) is 0 Å². The molecular weight excluding hydrogens is 680 g/mol. The molecule has 2 aliphatic rings. The summed E-state index contributed by atoms with van der Waals surface area (Å²) >= 11 is 0. The second-order valence-corrected chi connectivity index (χ2v) is 8.57. The number of aliphatic imine (C=N–C) groups is 2. The summed E-state index contributed by atoms with van der Waals surface area (Å²) in [6.45, 7) is 3.55. The molecule has 0 spiro atoms. The normalized spacial score (nSPS) is 14.1. The second-order valence-electron chi connectivity index (χ2n) is 8.57. The van der Waals surface area contributed by atoms with Gasteiger partial charge in [-0.3, -0.25) is 0 Å². The van der Waals surface area contributed by atoms with Crippen LogP contribution in [0.1, 0.15) is 36.1 Å². The monoisotopic (exact) mass is 702 g/mol. The van der Waals surface area contributed by atoms with Crippen LogP contribution in [0.3, 0.4) is 0 Å². The fourth-order valence-electron chi connectivity index (χ4n) is 4.18. The molecule has 2 amide bonds. The summed E-state index contributed by atoms with van der Waals surface area (Å²) in [5.74, 6) is 11.1. The zero-order valence-electron chi connectivity index (χ0n) is 22.3. The summed E-state index contributed by atoms with van der Waals surface area (Å²) in [7, 11) is 0. The molecule has 2 aliphatic heterocycles. The van der Waals surface area contributed by atoms with Gasteiger partial charge in [-0.15, -0.1) is 23.2 Å². The SMILES string of the molecule is CC#Cc1ccccc1N=C1C(=O)[N-]c2ccccc21.CC#Cc1ccccc1N=C1C(=O)[N-]c2ccccc21.[W+2]. The number of hydrogen-bond acceptors (Lipinski definition) is 4. The number of fused-ring (bicyclic) bond motifs is 2.